The quantitative estimate of drug-likeness (QED) is 0.578. The third kappa shape index (κ3) is 5.98. The van der Waals surface area contributed by atoms with Gasteiger partial charge in [0.1, 0.15) is 5.84 Å². The van der Waals surface area contributed by atoms with Gasteiger partial charge in [-0.15, -0.1) is 0 Å². The van der Waals surface area contributed by atoms with Gasteiger partial charge in [0.25, 0.3) is 5.56 Å². The number of aliphatic imine (C=N–C) groups is 1. The predicted octanol–water partition coefficient (Wildman–Crippen LogP) is 4.71. The number of rotatable bonds is 8. The van der Waals surface area contributed by atoms with E-state index in [0.29, 0.717) is 28.9 Å². The van der Waals surface area contributed by atoms with E-state index in [0.717, 1.165) is 42.5 Å². The molecular formula is C27H32N4O2. The molecule has 2 heterocycles. The molecule has 6 nitrogen and oxygen atoms in total. The maximum atomic E-state index is 13.0. The first-order valence-corrected chi connectivity index (χ1v) is 11.5. The third-order valence-corrected chi connectivity index (χ3v) is 5.40. The highest BCUT2D eigenvalue weighted by molar-refractivity contribution is 6.00. The fourth-order valence-electron chi connectivity index (χ4n) is 3.91. The SMILES string of the molecule is C/C=C\C(=C/C1=CC=C(C(=O)N(CCC)CCC)CC(N)=N1)c1ccc2c(=O)[nH]ccc2c1. The number of nitrogens with two attached hydrogens (primary N) is 1. The summed E-state index contributed by atoms with van der Waals surface area (Å²) in [6.45, 7) is 7.55. The second kappa shape index (κ2) is 11.3. The van der Waals surface area contributed by atoms with Gasteiger partial charge >= 0.3 is 0 Å². The number of hydrogen-bond acceptors (Lipinski definition) is 4. The summed E-state index contributed by atoms with van der Waals surface area (Å²) in [5.41, 5.74) is 9.30. The summed E-state index contributed by atoms with van der Waals surface area (Å²) in [5, 5.41) is 1.51. The van der Waals surface area contributed by atoms with E-state index in [-0.39, 0.29) is 11.5 Å². The topological polar surface area (TPSA) is 91.5 Å². The molecule has 0 fully saturated rings. The van der Waals surface area contributed by atoms with Gasteiger partial charge in [0.15, 0.2) is 0 Å². The van der Waals surface area contributed by atoms with Gasteiger partial charge < -0.3 is 15.6 Å². The largest absolute Gasteiger partial charge is 0.387 e. The average Bonchev–Trinajstić information content (AvgIpc) is 2.99. The van der Waals surface area contributed by atoms with Crippen LogP contribution < -0.4 is 11.3 Å². The van der Waals surface area contributed by atoms with Crippen molar-refractivity contribution in [1.29, 1.82) is 0 Å². The first kappa shape index (κ1) is 24.0. The summed E-state index contributed by atoms with van der Waals surface area (Å²) in [7, 11) is 0. The second-order valence-corrected chi connectivity index (χ2v) is 8.06. The van der Waals surface area contributed by atoms with Gasteiger partial charge in [0, 0.05) is 36.7 Å². The van der Waals surface area contributed by atoms with Gasteiger partial charge in [-0.2, -0.15) is 0 Å². The Morgan fingerprint density at radius 2 is 1.94 bits per heavy atom. The van der Waals surface area contributed by atoms with Crippen LogP contribution in [0.4, 0.5) is 0 Å². The fourth-order valence-corrected chi connectivity index (χ4v) is 3.91. The van der Waals surface area contributed by atoms with Crippen LogP contribution in [-0.2, 0) is 4.79 Å². The van der Waals surface area contributed by atoms with Crippen molar-refractivity contribution in [2.24, 2.45) is 10.7 Å². The van der Waals surface area contributed by atoms with Crippen molar-refractivity contribution in [3.05, 3.63) is 88.0 Å². The fraction of sp³-hybridized carbons (Fsp3) is 0.296. The lowest BCUT2D eigenvalue weighted by Crippen LogP contribution is -2.34. The molecule has 0 bridgehead atoms. The smallest absolute Gasteiger partial charge is 0.255 e. The van der Waals surface area contributed by atoms with Crippen molar-refractivity contribution in [2.75, 3.05) is 13.1 Å². The van der Waals surface area contributed by atoms with Crippen LogP contribution in [0.2, 0.25) is 0 Å². The number of H-pyrrole nitrogens is 1. The highest BCUT2D eigenvalue weighted by Gasteiger charge is 2.19. The highest BCUT2D eigenvalue weighted by atomic mass is 16.2. The Bertz CT molecular complexity index is 1220. The Kier molecular flexibility index (Phi) is 8.19. The van der Waals surface area contributed by atoms with Crippen LogP contribution in [0, 0.1) is 0 Å². The Hall–Kier alpha value is -3.67. The van der Waals surface area contributed by atoms with Crippen molar-refractivity contribution in [2.45, 2.75) is 40.0 Å². The maximum absolute atomic E-state index is 13.0. The molecule has 2 aromatic rings. The van der Waals surface area contributed by atoms with E-state index < -0.39 is 0 Å². The summed E-state index contributed by atoms with van der Waals surface area (Å²) in [4.78, 5) is 34.2. The van der Waals surface area contributed by atoms with Crippen molar-refractivity contribution >= 4 is 28.1 Å². The zero-order chi connectivity index (χ0) is 23.8. The normalized spacial score (nSPS) is 14.6. The molecule has 0 unspecified atom stereocenters. The van der Waals surface area contributed by atoms with Gasteiger partial charge in [0.2, 0.25) is 5.91 Å². The first-order valence-electron chi connectivity index (χ1n) is 11.5. The van der Waals surface area contributed by atoms with Gasteiger partial charge in [0.05, 0.1) is 5.70 Å². The molecule has 0 radical (unpaired) electrons. The van der Waals surface area contributed by atoms with Crippen LogP contribution in [-0.4, -0.2) is 34.7 Å². The van der Waals surface area contributed by atoms with E-state index in [1.54, 1.807) is 6.20 Å². The molecule has 6 heteroatoms. The number of pyridine rings is 1. The predicted molar refractivity (Wildman–Crippen MR) is 137 cm³/mol. The Labute approximate surface area is 194 Å². The molecule has 0 saturated heterocycles. The van der Waals surface area contributed by atoms with E-state index in [9.17, 15) is 9.59 Å². The molecular weight excluding hydrogens is 412 g/mol. The summed E-state index contributed by atoms with van der Waals surface area (Å²) < 4.78 is 0. The number of allylic oxidation sites excluding steroid dienone is 6. The van der Waals surface area contributed by atoms with Crippen LogP contribution in [0.1, 0.15) is 45.6 Å². The number of amidine groups is 1. The van der Waals surface area contributed by atoms with E-state index in [2.05, 4.69) is 23.8 Å². The number of aromatic amines is 1. The molecule has 3 N–H and O–H groups in total. The number of fused-ring (bicyclic) bond motifs is 1. The number of nitrogens with zero attached hydrogens (tertiary/aromatic N) is 2. The molecule has 1 aromatic heterocycles. The number of hydrogen-bond donors (Lipinski definition) is 2. The minimum atomic E-state index is -0.109. The second-order valence-electron chi connectivity index (χ2n) is 8.06. The molecule has 1 amide bonds. The highest BCUT2D eigenvalue weighted by Crippen LogP contribution is 2.24. The maximum Gasteiger partial charge on any atom is 0.255 e. The third-order valence-electron chi connectivity index (χ3n) is 5.40. The van der Waals surface area contributed by atoms with Crippen LogP contribution in [0.5, 0.6) is 0 Å². The number of aromatic nitrogens is 1. The number of benzene rings is 1. The minimum absolute atomic E-state index is 0.0201. The molecule has 0 spiro atoms. The molecule has 1 aromatic carbocycles. The molecule has 0 aliphatic carbocycles. The molecule has 33 heavy (non-hydrogen) atoms. The Morgan fingerprint density at radius 1 is 1.18 bits per heavy atom. The lowest BCUT2D eigenvalue weighted by atomic mass is 10.0. The van der Waals surface area contributed by atoms with Crippen LogP contribution in [0.3, 0.4) is 0 Å². The minimum Gasteiger partial charge on any atom is -0.387 e. The lowest BCUT2D eigenvalue weighted by Gasteiger charge is -2.22. The van der Waals surface area contributed by atoms with Crippen LogP contribution in [0.15, 0.2) is 81.9 Å². The summed E-state index contributed by atoms with van der Waals surface area (Å²) >= 11 is 0. The molecule has 172 valence electrons. The van der Waals surface area contributed by atoms with Crippen molar-refractivity contribution in [3.8, 4) is 0 Å². The lowest BCUT2D eigenvalue weighted by molar-refractivity contribution is -0.127. The van der Waals surface area contributed by atoms with E-state index in [4.69, 9.17) is 5.73 Å². The molecule has 0 saturated carbocycles. The summed E-state index contributed by atoms with van der Waals surface area (Å²) in [5.74, 6) is 0.430. The summed E-state index contributed by atoms with van der Waals surface area (Å²) in [6, 6.07) is 7.62. The first-order chi connectivity index (χ1) is 16.0. The molecule has 1 aliphatic rings. The summed E-state index contributed by atoms with van der Waals surface area (Å²) in [6.07, 6.45) is 13.4. The number of amides is 1. The Balaban J connectivity index is 1.98. The molecule has 1 aliphatic heterocycles. The zero-order valence-corrected chi connectivity index (χ0v) is 19.6. The molecule has 3 rings (SSSR count). The average molecular weight is 445 g/mol. The van der Waals surface area contributed by atoms with E-state index in [1.165, 1.54) is 0 Å². The van der Waals surface area contributed by atoms with Crippen LogP contribution in [0.25, 0.3) is 16.3 Å². The number of carbonyl (C=O) groups excluding carboxylic acids is 1. The monoisotopic (exact) mass is 444 g/mol. The van der Waals surface area contributed by atoms with Gasteiger partial charge in [-0.1, -0.05) is 38.1 Å². The molecule has 0 atom stereocenters. The van der Waals surface area contributed by atoms with E-state index >= 15 is 0 Å². The van der Waals surface area contributed by atoms with Crippen molar-refractivity contribution < 1.29 is 4.79 Å². The van der Waals surface area contributed by atoms with Crippen LogP contribution >= 0.6 is 0 Å². The van der Waals surface area contributed by atoms with Crippen molar-refractivity contribution in [1.82, 2.24) is 9.88 Å². The van der Waals surface area contributed by atoms with Gasteiger partial charge in [-0.05, 0) is 66.6 Å². The van der Waals surface area contributed by atoms with E-state index in [1.807, 2.05) is 66.5 Å². The van der Waals surface area contributed by atoms with Crippen molar-refractivity contribution in [3.63, 3.8) is 0 Å². The Morgan fingerprint density at radius 3 is 2.64 bits per heavy atom. The zero-order valence-electron chi connectivity index (χ0n) is 19.6. The number of nitrogens with one attached hydrogen (secondary N) is 1. The van der Waals surface area contributed by atoms with Gasteiger partial charge in [-0.3, -0.25) is 9.59 Å². The number of carbonyl (C=O) groups is 1. The standard InChI is InChI=1S/C27H32N4O2/c1-4-7-19(20-9-11-24-21(16-20)12-13-29-26(24)32)17-23-10-8-22(18-25(28)30-23)27(33)31(14-5-2)15-6-3/h4,7-13,16-17H,5-6,14-15,18H2,1-3H3,(H2,28,30)(H,29,32)/b7-4-,19-17+. The van der Waals surface area contributed by atoms with Gasteiger partial charge in [-0.25, -0.2) is 4.99 Å².